The molecule has 0 N–H and O–H groups in total. The van der Waals surface area contributed by atoms with Gasteiger partial charge in [0, 0.05) is 25.4 Å². The fourth-order valence-electron chi connectivity index (χ4n) is 3.29. The normalized spacial score (nSPS) is 16.1. The molecule has 1 aliphatic rings. The monoisotopic (exact) mass is 326 g/mol. The molecule has 0 radical (unpaired) electrons. The maximum absolute atomic E-state index is 11.8. The van der Waals surface area contributed by atoms with E-state index in [1.807, 2.05) is 0 Å². The van der Waals surface area contributed by atoms with E-state index in [0.29, 0.717) is 10.9 Å². The van der Waals surface area contributed by atoms with Gasteiger partial charge in [-0.25, -0.2) is 4.98 Å². The molecule has 3 heterocycles. The molecule has 0 amide bonds. The molecule has 0 saturated carbocycles. The van der Waals surface area contributed by atoms with E-state index >= 15 is 0 Å². The van der Waals surface area contributed by atoms with Gasteiger partial charge in [-0.3, -0.25) is 4.79 Å². The Morgan fingerprint density at radius 3 is 2.70 bits per heavy atom. The van der Waals surface area contributed by atoms with Crippen LogP contribution < -0.4 is 10.5 Å². The highest BCUT2D eigenvalue weighted by molar-refractivity contribution is 7.20. The molecule has 1 saturated heterocycles. The van der Waals surface area contributed by atoms with Crippen LogP contribution in [0.4, 0.5) is 5.13 Å². The molecule has 3 aromatic rings. The quantitative estimate of drug-likeness (QED) is 0.727. The van der Waals surface area contributed by atoms with Gasteiger partial charge in [0.15, 0.2) is 0 Å². The first-order valence-corrected chi connectivity index (χ1v) is 8.69. The summed E-state index contributed by atoms with van der Waals surface area (Å²) < 4.78 is 1.40. The predicted octanol–water partition coefficient (Wildman–Crippen LogP) is 2.84. The molecular weight excluding hydrogens is 308 g/mol. The number of aromatic nitrogens is 3. The van der Waals surface area contributed by atoms with Gasteiger partial charge in [0.25, 0.3) is 5.56 Å². The van der Waals surface area contributed by atoms with E-state index in [-0.39, 0.29) is 5.56 Å². The fourth-order valence-corrected chi connectivity index (χ4v) is 4.22. The lowest BCUT2D eigenvalue weighted by atomic mass is 9.87. The molecule has 0 aliphatic carbocycles. The van der Waals surface area contributed by atoms with Gasteiger partial charge in [-0.2, -0.15) is 4.52 Å². The lowest BCUT2D eigenvalue weighted by molar-refractivity contribution is 0.502. The first-order valence-electron chi connectivity index (χ1n) is 7.88. The number of nitrogens with zero attached hydrogens (tertiary/aromatic N) is 4. The van der Waals surface area contributed by atoms with Crippen LogP contribution in [0, 0.1) is 6.92 Å². The average molecular weight is 326 g/mol. The third-order valence-corrected chi connectivity index (χ3v) is 5.54. The van der Waals surface area contributed by atoms with E-state index in [4.69, 9.17) is 0 Å². The van der Waals surface area contributed by atoms with E-state index < -0.39 is 0 Å². The summed E-state index contributed by atoms with van der Waals surface area (Å²) in [6, 6.07) is 10.1. The van der Waals surface area contributed by atoms with Crippen molar-refractivity contribution in [2.24, 2.45) is 0 Å². The number of aryl methyl sites for hydroxylation is 1. The molecule has 4 rings (SSSR count). The van der Waals surface area contributed by atoms with Crippen molar-refractivity contribution in [2.75, 3.05) is 18.0 Å². The summed E-state index contributed by atoms with van der Waals surface area (Å²) in [6.07, 6.45) is 3.77. The zero-order valence-corrected chi connectivity index (χ0v) is 13.8. The molecular formula is C17H18N4OS. The Morgan fingerprint density at radius 1 is 1.17 bits per heavy atom. The Labute approximate surface area is 138 Å². The standard InChI is InChI=1S/C17H18N4OS/c1-12-4-2-3-5-14(12)13-7-10-20(11-8-13)17-19-21-15(22)6-9-18-16(21)23-17/h2-6,9,13H,7-8,10-11H2,1H3. The number of hydrogen-bond acceptors (Lipinski definition) is 5. The van der Waals surface area contributed by atoms with E-state index in [2.05, 4.69) is 46.2 Å². The van der Waals surface area contributed by atoms with Crippen LogP contribution in [0.3, 0.4) is 0 Å². The molecule has 118 valence electrons. The average Bonchev–Trinajstić information content (AvgIpc) is 3.01. The van der Waals surface area contributed by atoms with Crippen LogP contribution in [-0.4, -0.2) is 27.7 Å². The minimum atomic E-state index is -0.118. The molecule has 2 aromatic heterocycles. The Morgan fingerprint density at radius 2 is 1.96 bits per heavy atom. The SMILES string of the molecule is Cc1ccccc1C1CCN(c2nn3c(=O)ccnc3s2)CC1. The van der Waals surface area contributed by atoms with Crippen LogP contribution in [0.25, 0.3) is 4.96 Å². The first kappa shape index (κ1) is 14.4. The molecule has 0 unspecified atom stereocenters. The maximum atomic E-state index is 11.8. The Kier molecular flexibility index (Phi) is 3.61. The van der Waals surface area contributed by atoms with Crippen LogP contribution in [0.1, 0.15) is 29.9 Å². The number of hydrogen-bond donors (Lipinski definition) is 0. The molecule has 6 heteroatoms. The lowest BCUT2D eigenvalue weighted by Crippen LogP contribution is -2.33. The fraction of sp³-hybridized carbons (Fsp3) is 0.353. The lowest BCUT2D eigenvalue weighted by Gasteiger charge is -2.32. The van der Waals surface area contributed by atoms with Crippen LogP contribution in [-0.2, 0) is 0 Å². The van der Waals surface area contributed by atoms with Crippen molar-refractivity contribution in [3.8, 4) is 0 Å². The van der Waals surface area contributed by atoms with Crippen molar-refractivity contribution in [3.63, 3.8) is 0 Å². The van der Waals surface area contributed by atoms with Gasteiger partial charge in [0.2, 0.25) is 10.1 Å². The van der Waals surface area contributed by atoms with Crippen molar-refractivity contribution in [1.29, 1.82) is 0 Å². The Bertz CT molecular complexity index is 893. The summed E-state index contributed by atoms with van der Waals surface area (Å²) in [5.74, 6) is 0.614. The smallest absolute Gasteiger partial charge is 0.275 e. The van der Waals surface area contributed by atoms with E-state index in [1.54, 1.807) is 6.20 Å². The highest BCUT2D eigenvalue weighted by Crippen LogP contribution is 2.33. The zero-order valence-electron chi connectivity index (χ0n) is 13.0. The molecule has 0 atom stereocenters. The molecule has 0 spiro atoms. The van der Waals surface area contributed by atoms with Crippen molar-refractivity contribution in [3.05, 3.63) is 58.0 Å². The number of benzene rings is 1. The van der Waals surface area contributed by atoms with Crippen LogP contribution in [0.2, 0.25) is 0 Å². The highest BCUT2D eigenvalue weighted by atomic mass is 32.1. The van der Waals surface area contributed by atoms with Gasteiger partial charge >= 0.3 is 0 Å². The van der Waals surface area contributed by atoms with Gasteiger partial charge in [-0.05, 0) is 36.8 Å². The zero-order chi connectivity index (χ0) is 15.8. The molecule has 1 aromatic carbocycles. The third kappa shape index (κ3) is 2.63. The van der Waals surface area contributed by atoms with Crippen LogP contribution in [0.5, 0.6) is 0 Å². The van der Waals surface area contributed by atoms with Crippen molar-refractivity contribution < 1.29 is 0 Å². The summed E-state index contributed by atoms with van der Waals surface area (Å²) in [5, 5.41) is 5.33. The van der Waals surface area contributed by atoms with Gasteiger partial charge in [-0.1, -0.05) is 35.6 Å². The van der Waals surface area contributed by atoms with Gasteiger partial charge in [0.05, 0.1) is 0 Å². The molecule has 23 heavy (non-hydrogen) atoms. The minimum absolute atomic E-state index is 0.118. The van der Waals surface area contributed by atoms with Crippen molar-refractivity contribution in [1.82, 2.24) is 14.6 Å². The maximum Gasteiger partial charge on any atom is 0.275 e. The van der Waals surface area contributed by atoms with Crippen molar-refractivity contribution >= 4 is 21.4 Å². The largest absolute Gasteiger partial charge is 0.347 e. The summed E-state index contributed by atoms with van der Waals surface area (Å²) in [4.78, 5) is 19.0. The topological polar surface area (TPSA) is 50.5 Å². The second-order valence-corrected chi connectivity index (χ2v) is 6.91. The molecule has 1 fully saturated rings. The number of rotatable bonds is 2. The molecule has 0 bridgehead atoms. The number of fused-ring (bicyclic) bond motifs is 1. The Hall–Kier alpha value is -2.21. The van der Waals surface area contributed by atoms with Crippen LogP contribution >= 0.6 is 11.3 Å². The van der Waals surface area contributed by atoms with Gasteiger partial charge in [0.1, 0.15) is 0 Å². The molecule has 1 aliphatic heterocycles. The number of anilines is 1. The van der Waals surface area contributed by atoms with Gasteiger partial charge < -0.3 is 4.90 Å². The summed E-state index contributed by atoms with van der Waals surface area (Å²) >= 11 is 1.48. The Balaban J connectivity index is 1.54. The van der Waals surface area contributed by atoms with E-state index in [0.717, 1.165) is 31.1 Å². The van der Waals surface area contributed by atoms with Crippen molar-refractivity contribution in [2.45, 2.75) is 25.7 Å². The second-order valence-electron chi connectivity index (χ2n) is 5.98. The highest BCUT2D eigenvalue weighted by Gasteiger charge is 2.24. The molecule has 5 nitrogen and oxygen atoms in total. The van der Waals surface area contributed by atoms with E-state index in [9.17, 15) is 4.79 Å². The number of piperidine rings is 1. The summed E-state index contributed by atoms with van der Waals surface area (Å²) in [7, 11) is 0. The predicted molar refractivity (Wildman–Crippen MR) is 92.5 cm³/mol. The van der Waals surface area contributed by atoms with Gasteiger partial charge in [-0.15, -0.1) is 5.10 Å². The third-order valence-electron chi connectivity index (χ3n) is 4.55. The van der Waals surface area contributed by atoms with E-state index in [1.165, 1.54) is 33.0 Å². The first-order chi connectivity index (χ1) is 11.2. The summed E-state index contributed by atoms with van der Waals surface area (Å²) in [5.41, 5.74) is 2.73. The van der Waals surface area contributed by atoms with Crippen LogP contribution in [0.15, 0.2) is 41.3 Å². The minimum Gasteiger partial charge on any atom is -0.347 e. The summed E-state index contributed by atoms with van der Waals surface area (Å²) in [6.45, 7) is 4.12. The second kappa shape index (κ2) is 5.77.